The monoisotopic (exact) mass is 197 g/mol. The van der Waals surface area contributed by atoms with Gasteiger partial charge in [0.1, 0.15) is 0 Å². The van der Waals surface area contributed by atoms with E-state index in [1.807, 2.05) is 0 Å². The van der Waals surface area contributed by atoms with Crippen LogP contribution in [-0.4, -0.2) is 24.5 Å². The molecule has 0 radical (unpaired) electrons. The summed E-state index contributed by atoms with van der Waals surface area (Å²) in [6, 6.07) is 0.863. The second kappa shape index (κ2) is 4.22. The lowest BCUT2D eigenvalue weighted by atomic mass is 9.65. The summed E-state index contributed by atoms with van der Waals surface area (Å²) in [7, 11) is 2.28. The van der Waals surface area contributed by atoms with Gasteiger partial charge in [-0.15, -0.1) is 0 Å². The molecule has 0 saturated heterocycles. The molecule has 0 unspecified atom stereocenters. The Bertz CT molecular complexity index is 172. The Kier molecular flexibility index (Phi) is 3.63. The minimum absolute atomic E-state index is 0.523. The molecule has 0 aromatic carbocycles. The third kappa shape index (κ3) is 2.98. The molecule has 1 saturated carbocycles. The van der Waals surface area contributed by atoms with E-state index in [9.17, 15) is 0 Å². The fourth-order valence-corrected chi connectivity index (χ4v) is 2.38. The van der Waals surface area contributed by atoms with E-state index in [0.717, 1.165) is 17.9 Å². The summed E-state index contributed by atoms with van der Waals surface area (Å²) < 4.78 is 0. The third-order valence-corrected chi connectivity index (χ3v) is 3.61. The molecule has 14 heavy (non-hydrogen) atoms. The first-order chi connectivity index (χ1) is 6.30. The van der Waals surface area contributed by atoms with Crippen LogP contribution in [0.2, 0.25) is 0 Å². The molecule has 1 aliphatic rings. The van der Waals surface area contributed by atoms with E-state index < -0.39 is 0 Å². The van der Waals surface area contributed by atoms with Gasteiger partial charge in [0.2, 0.25) is 0 Å². The third-order valence-electron chi connectivity index (χ3n) is 3.61. The molecule has 1 nitrogen and oxygen atoms in total. The second-order valence-electron chi connectivity index (χ2n) is 6.52. The molecule has 0 bridgehead atoms. The van der Waals surface area contributed by atoms with Gasteiger partial charge in [0.05, 0.1) is 0 Å². The van der Waals surface area contributed by atoms with Crippen LogP contribution in [-0.2, 0) is 0 Å². The molecule has 0 amide bonds. The molecule has 0 atom stereocenters. The first-order valence-corrected chi connectivity index (χ1v) is 6.01. The summed E-state index contributed by atoms with van der Waals surface area (Å²) in [6.45, 7) is 13.0. The van der Waals surface area contributed by atoms with Crippen molar-refractivity contribution in [3.8, 4) is 0 Å². The zero-order valence-corrected chi connectivity index (χ0v) is 10.8. The van der Waals surface area contributed by atoms with Gasteiger partial charge in [0.15, 0.2) is 0 Å². The molecule has 1 aliphatic carbocycles. The molecule has 0 spiro atoms. The molecule has 84 valence electrons. The number of rotatable bonds is 3. The van der Waals surface area contributed by atoms with Crippen LogP contribution in [0.1, 0.15) is 47.5 Å². The first-order valence-electron chi connectivity index (χ1n) is 6.01. The second-order valence-corrected chi connectivity index (χ2v) is 6.52. The highest BCUT2D eigenvalue weighted by Gasteiger charge is 2.38. The van der Waals surface area contributed by atoms with Crippen LogP contribution in [0.4, 0.5) is 0 Å². The Morgan fingerprint density at radius 1 is 1.21 bits per heavy atom. The summed E-state index contributed by atoms with van der Waals surface area (Å²) >= 11 is 0. The van der Waals surface area contributed by atoms with Crippen molar-refractivity contribution in [3.63, 3.8) is 0 Å². The minimum atomic E-state index is 0.523. The van der Waals surface area contributed by atoms with Gasteiger partial charge >= 0.3 is 0 Å². The molecule has 1 fully saturated rings. The molecule has 1 rings (SSSR count). The molecule has 0 aromatic rings. The van der Waals surface area contributed by atoms with Gasteiger partial charge in [-0.05, 0) is 37.1 Å². The van der Waals surface area contributed by atoms with Gasteiger partial charge in [-0.1, -0.05) is 34.6 Å². The molecule has 0 N–H and O–H groups in total. The smallest absolute Gasteiger partial charge is 0.00980 e. The zero-order valence-electron chi connectivity index (χ0n) is 10.8. The first kappa shape index (κ1) is 12.0. The van der Waals surface area contributed by atoms with Crippen LogP contribution in [0.3, 0.4) is 0 Å². The predicted molar refractivity (Wildman–Crippen MR) is 63.4 cm³/mol. The van der Waals surface area contributed by atoms with Gasteiger partial charge in [-0.25, -0.2) is 0 Å². The lowest BCUT2D eigenvalue weighted by Crippen LogP contribution is -2.47. The summed E-state index contributed by atoms with van der Waals surface area (Å²) in [5.41, 5.74) is 0.523. The fraction of sp³-hybridized carbons (Fsp3) is 1.00. The van der Waals surface area contributed by atoms with Crippen LogP contribution in [0, 0.1) is 17.3 Å². The molecule has 1 heteroatoms. The van der Waals surface area contributed by atoms with E-state index in [1.54, 1.807) is 0 Å². The molecule has 0 aliphatic heterocycles. The number of hydrogen-bond donors (Lipinski definition) is 0. The SMILES string of the molecule is CC(C)CN(C)C1CC(C(C)(C)C)C1. The number of hydrogen-bond acceptors (Lipinski definition) is 1. The van der Waals surface area contributed by atoms with E-state index in [-0.39, 0.29) is 0 Å². The zero-order chi connectivity index (χ0) is 10.9. The standard InChI is InChI=1S/C13H27N/c1-10(2)9-14(6)12-7-11(8-12)13(3,4)5/h10-12H,7-9H2,1-6H3. The maximum atomic E-state index is 2.55. The minimum Gasteiger partial charge on any atom is -0.303 e. The molecule has 0 aromatic heterocycles. The van der Waals surface area contributed by atoms with Gasteiger partial charge in [0, 0.05) is 12.6 Å². The van der Waals surface area contributed by atoms with E-state index in [2.05, 4.69) is 46.6 Å². The van der Waals surface area contributed by atoms with Crippen LogP contribution < -0.4 is 0 Å². The summed E-state index contributed by atoms with van der Waals surface area (Å²) in [5.74, 6) is 1.75. The van der Waals surface area contributed by atoms with Gasteiger partial charge in [0.25, 0.3) is 0 Å². The van der Waals surface area contributed by atoms with Crippen molar-refractivity contribution in [1.29, 1.82) is 0 Å². The highest BCUT2D eigenvalue weighted by molar-refractivity contribution is 4.91. The van der Waals surface area contributed by atoms with Gasteiger partial charge in [-0.2, -0.15) is 0 Å². The molecular weight excluding hydrogens is 170 g/mol. The Hall–Kier alpha value is -0.0400. The maximum absolute atomic E-state index is 2.55. The van der Waals surface area contributed by atoms with Crippen molar-refractivity contribution in [2.24, 2.45) is 17.3 Å². The Labute approximate surface area is 89.9 Å². The Morgan fingerprint density at radius 2 is 1.71 bits per heavy atom. The van der Waals surface area contributed by atoms with Crippen molar-refractivity contribution in [3.05, 3.63) is 0 Å². The highest BCUT2D eigenvalue weighted by atomic mass is 15.1. The lowest BCUT2D eigenvalue weighted by molar-refractivity contribution is 0.0295. The lowest BCUT2D eigenvalue weighted by Gasteiger charge is -2.47. The average molecular weight is 197 g/mol. The summed E-state index contributed by atoms with van der Waals surface area (Å²) in [5, 5.41) is 0. The normalized spacial score (nSPS) is 28.3. The van der Waals surface area contributed by atoms with Crippen molar-refractivity contribution >= 4 is 0 Å². The fourth-order valence-electron chi connectivity index (χ4n) is 2.38. The maximum Gasteiger partial charge on any atom is 0.00980 e. The topological polar surface area (TPSA) is 3.24 Å². The summed E-state index contributed by atoms with van der Waals surface area (Å²) in [6.07, 6.45) is 2.82. The van der Waals surface area contributed by atoms with Crippen molar-refractivity contribution in [2.45, 2.75) is 53.5 Å². The van der Waals surface area contributed by atoms with E-state index in [0.29, 0.717) is 5.41 Å². The van der Waals surface area contributed by atoms with Crippen molar-refractivity contribution < 1.29 is 0 Å². The van der Waals surface area contributed by atoms with Crippen molar-refractivity contribution in [1.82, 2.24) is 4.90 Å². The Balaban J connectivity index is 2.27. The quantitative estimate of drug-likeness (QED) is 0.670. The van der Waals surface area contributed by atoms with Crippen LogP contribution in [0.25, 0.3) is 0 Å². The van der Waals surface area contributed by atoms with E-state index >= 15 is 0 Å². The molecular formula is C13H27N. The van der Waals surface area contributed by atoms with E-state index in [4.69, 9.17) is 0 Å². The molecule has 0 heterocycles. The van der Waals surface area contributed by atoms with Crippen LogP contribution in [0.5, 0.6) is 0 Å². The van der Waals surface area contributed by atoms with Crippen LogP contribution >= 0.6 is 0 Å². The summed E-state index contributed by atoms with van der Waals surface area (Å²) in [4.78, 5) is 2.55. The largest absolute Gasteiger partial charge is 0.303 e. The Morgan fingerprint density at radius 3 is 2.07 bits per heavy atom. The van der Waals surface area contributed by atoms with Gasteiger partial charge < -0.3 is 4.90 Å². The van der Waals surface area contributed by atoms with Crippen LogP contribution in [0.15, 0.2) is 0 Å². The highest BCUT2D eigenvalue weighted by Crippen LogP contribution is 2.43. The average Bonchev–Trinajstić information content (AvgIpc) is 1.75. The van der Waals surface area contributed by atoms with Gasteiger partial charge in [-0.3, -0.25) is 0 Å². The van der Waals surface area contributed by atoms with Crippen molar-refractivity contribution in [2.75, 3.05) is 13.6 Å². The number of nitrogens with zero attached hydrogens (tertiary/aromatic N) is 1. The predicted octanol–water partition coefficient (Wildman–Crippen LogP) is 3.40. The van der Waals surface area contributed by atoms with E-state index in [1.165, 1.54) is 19.4 Å².